The van der Waals surface area contributed by atoms with E-state index < -0.39 is 11.9 Å². The largest absolute Gasteiger partial charge is 0.433 e. The second-order valence-corrected chi connectivity index (χ2v) is 10.4. The van der Waals surface area contributed by atoms with Gasteiger partial charge in [0.25, 0.3) is 0 Å². The molecular formula is C26H35F3N6O. The van der Waals surface area contributed by atoms with Crippen molar-refractivity contribution in [2.75, 3.05) is 23.7 Å². The van der Waals surface area contributed by atoms with Gasteiger partial charge in [0.05, 0.1) is 6.10 Å². The van der Waals surface area contributed by atoms with Gasteiger partial charge in [-0.15, -0.1) is 0 Å². The maximum absolute atomic E-state index is 13.1. The van der Waals surface area contributed by atoms with Crippen LogP contribution >= 0.6 is 0 Å². The Kier molecular flexibility index (Phi) is 7.62. The molecule has 7 nitrogen and oxygen atoms in total. The van der Waals surface area contributed by atoms with Crippen molar-refractivity contribution in [2.24, 2.45) is 0 Å². The molecule has 196 valence electrons. The molecule has 5 rings (SSSR count). The predicted octanol–water partition coefficient (Wildman–Crippen LogP) is 5.47. The molecule has 3 fully saturated rings. The summed E-state index contributed by atoms with van der Waals surface area (Å²) in [5, 5.41) is 16.4. The van der Waals surface area contributed by atoms with E-state index in [2.05, 4.69) is 25.5 Å². The van der Waals surface area contributed by atoms with E-state index in [0.29, 0.717) is 5.92 Å². The van der Waals surface area contributed by atoms with Crippen molar-refractivity contribution in [3.05, 3.63) is 35.8 Å². The second-order valence-electron chi connectivity index (χ2n) is 10.4. The van der Waals surface area contributed by atoms with Crippen LogP contribution in [0.2, 0.25) is 0 Å². The molecule has 0 atom stereocenters. The number of nitrogens with one attached hydrogen (secondary N) is 2. The van der Waals surface area contributed by atoms with Crippen LogP contribution in [-0.4, -0.2) is 56.2 Å². The zero-order chi connectivity index (χ0) is 25.1. The Labute approximate surface area is 209 Å². The normalized spacial score (nSPS) is 24.7. The molecule has 0 aromatic carbocycles. The molecule has 0 unspecified atom stereocenters. The number of anilines is 3. The Morgan fingerprint density at radius 1 is 0.944 bits per heavy atom. The number of aliphatic hydroxyl groups excluding tert-OH is 1. The van der Waals surface area contributed by atoms with Crippen LogP contribution in [-0.2, 0) is 6.18 Å². The number of rotatable bonds is 6. The Hall–Kier alpha value is -2.46. The van der Waals surface area contributed by atoms with E-state index >= 15 is 0 Å². The van der Waals surface area contributed by atoms with Gasteiger partial charge < -0.3 is 20.6 Å². The van der Waals surface area contributed by atoms with Crippen molar-refractivity contribution in [1.29, 1.82) is 0 Å². The van der Waals surface area contributed by atoms with Crippen LogP contribution in [0.5, 0.6) is 0 Å². The first-order valence-corrected chi connectivity index (χ1v) is 13.2. The van der Waals surface area contributed by atoms with Gasteiger partial charge in [0.15, 0.2) is 0 Å². The first-order chi connectivity index (χ1) is 17.3. The highest BCUT2D eigenvalue weighted by molar-refractivity contribution is 5.57. The molecule has 0 radical (unpaired) electrons. The molecule has 3 heterocycles. The van der Waals surface area contributed by atoms with E-state index in [9.17, 15) is 18.3 Å². The van der Waals surface area contributed by atoms with Crippen LogP contribution in [0.25, 0.3) is 0 Å². The maximum Gasteiger partial charge on any atom is 0.433 e. The van der Waals surface area contributed by atoms with Crippen LogP contribution in [0.4, 0.5) is 30.6 Å². The second kappa shape index (κ2) is 10.9. The van der Waals surface area contributed by atoms with Gasteiger partial charge in [-0.3, -0.25) is 4.98 Å². The highest BCUT2D eigenvalue weighted by atomic mass is 19.4. The quantitative estimate of drug-likeness (QED) is 0.481. The summed E-state index contributed by atoms with van der Waals surface area (Å²) in [5.74, 6) is 1.34. The number of nitrogens with zero attached hydrogens (tertiary/aromatic N) is 4. The zero-order valence-electron chi connectivity index (χ0n) is 20.5. The summed E-state index contributed by atoms with van der Waals surface area (Å²) in [6.07, 6.45) is 8.76. The number of aromatic nitrogens is 3. The summed E-state index contributed by atoms with van der Waals surface area (Å²) in [7, 11) is 0. The number of hydrogen-bond donors (Lipinski definition) is 3. The van der Waals surface area contributed by atoms with E-state index in [0.717, 1.165) is 81.3 Å². The summed E-state index contributed by atoms with van der Waals surface area (Å²) in [5.41, 5.74) is 0.349. The number of alkyl halides is 3. The summed E-state index contributed by atoms with van der Waals surface area (Å²) >= 11 is 0. The molecule has 1 saturated heterocycles. The van der Waals surface area contributed by atoms with Gasteiger partial charge >= 0.3 is 6.18 Å². The zero-order valence-corrected chi connectivity index (χ0v) is 20.5. The number of halogens is 3. The van der Waals surface area contributed by atoms with E-state index in [-0.39, 0.29) is 23.8 Å². The molecule has 0 bridgehead atoms. The minimum Gasteiger partial charge on any atom is -0.393 e. The third-order valence-corrected chi connectivity index (χ3v) is 7.97. The lowest BCUT2D eigenvalue weighted by Gasteiger charge is -2.36. The Morgan fingerprint density at radius 3 is 2.36 bits per heavy atom. The van der Waals surface area contributed by atoms with Gasteiger partial charge in [-0.25, -0.2) is 4.98 Å². The summed E-state index contributed by atoms with van der Waals surface area (Å²) < 4.78 is 39.3. The van der Waals surface area contributed by atoms with Crippen molar-refractivity contribution in [3.8, 4) is 0 Å². The van der Waals surface area contributed by atoms with Crippen molar-refractivity contribution in [3.63, 3.8) is 0 Å². The topological polar surface area (TPSA) is 86.2 Å². The molecule has 3 N–H and O–H groups in total. The van der Waals surface area contributed by atoms with Crippen molar-refractivity contribution < 1.29 is 18.3 Å². The summed E-state index contributed by atoms with van der Waals surface area (Å²) in [6.45, 7) is 2.14. The number of piperidine rings is 1. The summed E-state index contributed by atoms with van der Waals surface area (Å²) in [4.78, 5) is 15.3. The van der Waals surface area contributed by atoms with E-state index in [1.165, 1.54) is 31.7 Å². The van der Waals surface area contributed by atoms with Crippen LogP contribution in [0, 0.1) is 0 Å². The van der Waals surface area contributed by atoms with Gasteiger partial charge in [-0.05, 0) is 82.5 Å². The van der Waals surface area contributed by atoms with Gasteiger partial charge in [0.2, 0.25) is 5.95 Å². The molecule has 2 saturated carbocycles. The van der Waals surface area contributed by atoms with Gasteiger partial charge in [-0.2, -0.15) is 18.2 Å². The number of aliphatic hydroxyl groups is 1. The minimum absolute atomic E-state index is 0.200. The number of pyridine rings is 1. The lowest BCUT2D eigenvalue weighted by molar-refractivity contribution is -0.141. The van der Waals surface area contributed by atoms with E-state index in [4.69, 9.17) is 4.98 Å². The molecule has 2 aromatic rings. The Balaban J connectivity index is 1.34. The molecule has 2 aliphatic carbocycles. The van der Waals surface area contributed by atoms with Gasteiger partial charge in [0.1, 0.15) is 11.5 Å². The van der Waals surface area contributed by atoms with Gasteiger partial charge in [-0.1, -0.05) is 12.8 Å². The monoisotopic (exact) mass is 504 g/mol. The lowest BCUT2D eigenvalue weighted by atomic mass is 9.88. The standard InChI is InChI=1S/C26H35F3N6O/c27-26(28,29)23-15-19(9-12-30-23)33-25-31-16-22(24(34-25)32-18-5-7-21(36)8-6-18)17-10-13-35(14-11-17)20-3-1-2-4-20/h9,12,15-18,20-21,36H,1-8,10-11,13-14H2,(H2,30,31,32,33,34). The van der Waals surface area contributed by atoms with Crippen molar-refractivity contribution >= 4 is 17.5 Å². The molecule has 1 aliphatic heterocycles. The molecule has 0 amide bonds. The summed E-state index contributed by atoms with van der Waals surface area (Å²) in [6, 6.07) is 3.36. The average Bonchev–Trinajstić information content (AvgIpc) is 3.41. The fraction of sp³-hybridized carbons (Fsp3) is 0.654. The van der Waals surface area contributed by atoms with Crippen molar-refractivity contribution in [2.45, 2.75) is 94.5 Å². The van der Waals surface area contributed by atoms with E-state index in [1.54, 1.807) is 0 Å². The fourth-order valence-corrected chi connectivity index (χ4v) is 5.92. The predicted molar refractivity (Wildman–Crippen MR) is 132 cm³/mol. The third-order valence-electron chi connectivity index (χ3n) is 7.97. The number of hydrogen-bond acceptors (Lipinski definition) is 7. The molecule has 36 heavy (non-hydrogen) atoms. The van der Waals surface area contributed by atoms with Crippen LogP contribution in [0.3, 0.4) is 0 Å². The van der Waals surface area contributed by atoms with Crippen LogP contribution < -0.4 is 10.6 Å². The average molecular weight is 505 g/mol. The van der Waals surface area contributed by atoms with Crippen molar-refractivity contribution in [1.82, 2.24) is 19.9 Å². The minimum atomic E-state index is -4.52. The highest BCUT2D eigenvalue weighted by Crippen LogP contribution is 2.36. The van der Waals surface area contributed by atoms with Crippen LogP contribution in [0.1, 0.15) is 81.4 Å². The molecule has 10 heteroatoms. The molecule has 2 aromatic heterocycles. The fourth-order valence-electron chi connectivity index (χ4n) is 5.92. The number of likely N-dealkylation sites (tertiary alicyclic amines) is 1. The highest BCUT2D eigenvalue weighted by Gasteiger charge is 2.33. The molecule has 0 spiro atoms. The Bertz CT molecular complexity index is 1010. The lowest BCUT2D eigenvalue weighted by Crippen LogP contribution is -2.39. The molecule has 3 aliphatic rings. The maximum atomic E-state index is 13.1. The SMILES string of the molecule is OC1CCC(Nc2nc(Nc3ccnc(C(F)(F)F)c3)ncc2C2CCN(C3CCCC3)CC2)CC1. The third kappa shape index (κ3) is 6.08. The first kappa shape index (κ1) is 25.2. The van der Waals surface area contributed by atoms with Gasteiger partial charge in [0, 0.05) is 35.7 Å². The Morgan fingerprint density at radius 2 is 1.67 bits per heavy atom. The smallest absolute Gasteiger partial charge is 0.393 e. The van der Waals surface area contributed by atoms with Crippen LogP contribution in [0.15, 0.2) is 24.5 Å². The first-order valence-electron chi connectivity index (χ1n) is 13.2. The van der Waals surface area contributed by atoms with E-state index in [1.807, 2.05) is 6.20 Å². The molecular weight excluding hydrogens is 469 g/mol.